The summed E-state index contributed by atoms with van der Waals surface area (Å²) >= 11 is 1.29. The van der Waals surface area contributed by atoms with Crippen LogP contribution in [0, 0.1) is 0 Å². The molecule has 0 aromatic heterocycles. The number of carbonyl (C=O) groups is 7. The standard InChI is InChI=1S/C62H116N4O10S/c1-7-10-13-16-19-22-25-27-30-33-36-39-42-45-58(70)74-50-53(75-59(71)46-43-40-37-34-31-28-26-23-20-17-14-11-8-2)51-77-52-54(66-55(67)44-41-38-35-32-29-24-21-18-15-12-9-3)61(73)65-48-57(69)63-47-56(68)64-49-60(72)76-62(4,5)6/h53-54H,7-52H2,1-6H3,(H,63,69)(H,64,68)(H,65,73)(H,66,67)/t53-,54+/m1/s1. The van der Waals surface area contributed by atoms with Gasteiger partial charge in [0.05, 0.1) is 13.1 Å². The SMILES string of the molecule is CCCCCCCCCCCCCCCC(=O)OC[C@H](CSC[C@H](NC(=O)CCCCCCCCCCCCC)C(=O)NCC(=O)NCC(=O)NCC(=O)OC(C)(C)C)OC(=O)CCCCCCCCCCCCCCC. The van der Waals surface area contributed by atoms with Crippen molar-refractivity contribution >= 4 is 53.3 Å². The Kier molecular flexibility index (Phi) is 51.0. The van der Waals surface area contributed by atoms with Gasteiger partial charge in [0.15, 0.2) is 0 Å². The van der Waals surface area contributed by atoms with Gasteiger partial charge in [-0.2, -0.15) is 11.8 Å². The van der Waals surface area contributed by atoms with E-state index in [1.165, 1.54) is 179 Å². The molecule has 0 aromatic carbocycles. The summed E-state index contributed by atoms with van der Waals surface area (Å²) in [5.41, 5.74) is -0.712. The molecule has 0 rings (SSSR count). The van der Waals surface area contributed by atoms with Crippen LogP contribution < -0.4 is 21.3 Å². The van der Waals surface area contributed by atoms with Gasteiger partial charge in [0.1, 0.15) is 30.9 Å². The van der Waals surface area contributed by atoms with E-state index in [1.54, 1.807) is 20.8 Å². The van der Waals surface area contributed by atoms with E-state index in [0.717, 1.165) is 57.8 Å². The third-order valence-electron chi connectivity index (χ3n) is 13.7. The summed E-state index contributed by atoms with van der Waals surface area (Å²) in [6.45, 7) is 10.5. The second-order valence-corrected chi connectivity index (χ2v) is 23.7. The lowest BCUT2D eigenvalue weighted by atomic mass is 10.0. The van der Waals surface area contributed by atoms with Gasteiger partial charge in [-0.05, 0) is 40.0 Å². The normalized spacial score (nSPS) is 12.1. The molecule has 0 saturated heterocycles. The van der Waals surface area contributed by atoms with Crippen molar-refractivity contribution in [3.8, 4) is 0 Å². The van der Waals surface area contributed by atoms with E-state index in [4.69, 9.17) is 14.2 Å². The summed E-state index contributed by atoms with van der Waals surface area (Å²) in [6.07, 6.45) is 43.9. The minimum absolute atomic E-state index is 0.102. The maximum Gasteiger partial charge on any atom is 0.325 e. The fraction of sp³-hybridized carbons (Fsp3) is 0.887. The second-order valence-electron chi connectivity index (χ2n) is 22.6. The average molecular weight is 1110 g/mol. The molecule has 77 heavy (non-hydrogen) atoms. The van der Waals surface area contributed by atoms with Crippen molar-refractivity contribution in [1.29, 1.82) is 0 Å². The van der Waals surface area contributed by atoms with Crippen LogP contribution in [0.1, 0.15) is 298 Å². The van der Waals surface area contributed by atoms with Crippen molar-refractivity contribution in [3.63, 3.8) is 0 Å². The van der Waals surface area contributed by atoms with Gasteiger partial charge in [0, 0.05) is 30.8 Å². The van der Waals surface area contributed by atoms with Crippen LogP contribution in [0.3, 0.4) is 0 Å². The number of nitrogens with one attached hydrogen (secondary N) is 4. The molecule has 0 unspecified atom stereocenters. The highest BCUT2D eigenvalue weighted by Gasteiger charge is 2.24. The Morgan fingerprint density at radius 1 is 0.390 bits per heavy atom. The zero-order chi connectivity index (χ0) is 56.9. The summed E-state index contributed by atoms with van der Waals surface area (Å²) in [7, 11) is 0. The number of carbonyl (C=O) groups excluding carboxylic acids is 7. The van der Waals surface area contributed by atoms with E-state index in [2.05, 4.69) is 42.0 Å². The van der Waals surface area contributed by atoms with E-state index in [0.29, 0.717) is 19.3 Å². The lowest BCUT2D eigenvalue weighted by Crippen LogP contribution is -2.51. The number of amides is 4. The molecule has 0 aromatic rings. The number of thioether (sulfide) groups is 1. The van der Waals surface area contributed by atoms with Gasteiger partial charge in [0.2, 0.25) is 23.6 Å². The van der Waals surface area contributed by atoms with Crippen LogP contribution in [0.15, 0.2) is 0 Å². The molecule has 0 aliphatic carbocycles. The summed E-state index contributed by atoms with van der Waals surface area (Å²) in [4.78, 5) is 89.9. The smallest absolute Gasteiger partial charge is 0.325 e. The maximum absolute atomic E-state index is 13.6. The molecule has 0 radical (unpaired) electrons. The minimum Gasteiger partial charge on any atom is -0.462 e. The number of hydrogen-bond acceptors (Lipinski definition) is 11. The van der Waals surface area contributed by atoms with Crippen LogP contribution in [0.2, 0.25) is 0 Å². The number of rotatable bonds is 55. The van der Waals surface area contributed by atoms with E-state index < -0.39 is 54.5 Å². The average Bonchev–Trinajstić information content (AvgIpc) is 3.39. The topological polar surface area (TPSA) is 195 Å². The lowest BCUT2D eigenvalue weighted by molar-refractivity contribution is -0.157. The minimum atomic E-state index is -1.02. The van der Waals surface area contributed by atoms with Gasteiger partial charge < -0.3 is 35.5 Å². The maximum atomic E-state index is 13.6. The van der Waals surface area contributed by atoms with Gasteiger partial charge in [0.25, 0.3) is 0 Å². The van der Waals surface area contributed by atoms with Crippen LogP contribution >= 0.6 is 11.8 Å². The van der Waals surface area contributed by atoms with E-state index >= 15 is 0 Å². The summed E-state index contributed by atoms with van der Waals surface area (Å²) in [5.74, 6) is -3.10. The van der Waals surface area contributed by atoms with Crippen molar-refractivity contribution in [2.75, 3.05) is 37.7 Å². The second kappa shape index (κ2) is 53.3. The molecular formula is C62H116N4O10S. The highest BCUT2D eigenvalue weighted by Crippen LogP contribution is 2.18. The van der Waals surface area contributed by atoms with E-state index in [-0.39, 0.29) is 55.3 Å². The predicted octanol–water partition coefficient (Wildman–Crippen LogP) is 14.0. The van der Waals surface area contributed by atoms with Crippen molar-refractivity contribution < 1.29 is 47.8 Å². The van der Waals surface area contributed by atoms with Crippen LogP contribution in [-0.4, -0.2) is 97.0 Å². The Morgan fingerprint density at radius 2 is 0.740 bits per heavy atom. The zero-order valence-electron chi connectivity index (χ0n) is 50.2. The Balaban J connectivity index is 5.42. The van der Waals surface area contributed by atoms with Crippen molar-refractivity contribution in [2.24, 2.45) is 0 Å². The molecule has 0 aliphatic heterocycles. The molecular weight excluding hydrogens is 993 g/mol. The summed E-state index contributed by atoms with van der Waals surface area (Å²) < 4.78 is 16.8. The molecule has 0 bridgehead atoms. The van der Waals surface area contributed by atoms with Crippen LogP contribution in [0.4, 0.5) is 0 Å². The largest absolute Gasteiger partial charge is 0.462 e. The first-order valence-electron chi connectivity index (χ1n) is 31.5. The number of esters is 3. The first-order valence-corrected chi connectivity index (χ1v) is 32.6. The Hall–Kier alpha value is -3.36. The molecule has 0 saturated carbocycles. The van der Waals surface area contributed by atoms with Gasteiger partial charge in [-0.1, -0.05) is 239 Å². The van der Waals surface area contributed by atoms with Crippen molar-refractivity contribution in [2.45, 2.75) is 316 Å². The Bertz CT molecular complexity index is 1490. The van der Waals surface area contributed by atoms with Gasteiger partial charge >= 0.3 is 17.9 Å². The van der Waals surface area contributed by atoms with Gasteiger partial charge in [-0.15, -0.1) is 0 Å². The predicted molar refractivity (Wildman–Crippen MR) is 317 cm³/mol. The first-order chi connectivity index (χ1) is 37.2. The molecule has 4 N–H and O–H groups in total. The quantitative estimate of drug-likeness (QED) is 0.0257. The third-order valence-corrected chi connectivity index (χ3v) is 14.8. The molecule has 2 atom stereocenters. The molecule has 0 aliphatic rings. The van der Waals surface area contributed by atoms with Crippen LogP contribution in [0.5, 0.6) is 0 Å². The molecule has 4 amide bonds. The molecule has 14 nitrogen and oxygen atoms in total. The van der Waals surface area contributed by atoms with Crippen molar-refractivity contribution in [1.82, 2.24) is 21.3 Å². The molecule has 0 spiro atoms. The fourth-order valence-corrected chi connectivity index (χ4v) is 10.1. The van der Waals surface area contributed by atoms with Gasteiger partial charge in [-0.25, -0.2) is 0 Å². The van der Waals surface area contributed by atoms with E-state index in [1.807, 2.05) is 0 Å². The Labute approximate surface area is 474 Å². The van der Waals surface area contributed by atoms with Crippen LogP contribution in [-0.2, 0) is 47.8 Å². The van der Waals surface area contributed by atoms with Gasteiger partial charge in [-0.3, -0.25) is 33.6 Å². The van der Waals surface area contributed by atoms with E-state index in [9.17, 15) is 33.6 Å². The summed E-state index contributed by atoms with van der Waals surface area (Å²) in [6, 6.07) is -1.02. The molecule has 450 valence electrons. The molecule has 0 fully saturated rings. The molecule has 15 heteroatoms. The lowest BCUT2D eigenvalue weighted by Gasteiger charge is -2.21. The Morgan fingerprint density at radius 3 is 1.14 bits per heavy atom. The monoisotopic (exact) mass is 1110 g/mol. The fourth-order valence-electron chi connectivity index (χ4n) is 9.05. The third kappa shape index (κ3) is 53.1. The summed E-state index contributed by atoms with van der Waals surface area (Å²) in [5, 5.41) is 10.3. The number of unbranched alkanes of at least 4 members (excludes halogenated alkanes) is 34. The highest BCUT2D eigenvalue weighted by molar-refractivity contribution is 7.99. The van der Waals surface area contributed by atoms with Crippen LogP contribution in [0.25, 0.3) is 0 Å². The molecule has 0 heterocycles. The number of ether oxygens (including phenoxy) is 3. The number of hydrogen-bond donors (Lipinski definition) is 4. The first kappa shape index (κ1) is 73.6. The van der Waals surface area contributed by atoms with Crippen molar-refractivity contribution in [3.05, 3.63) is 0 Å². The highest BCUT2D eigenvalue weighted by atomic mass is 32.2. The zero-order valence-corrected chi connectivity index (χ0v) is 51.0.